The molecule has 1 aromatic heterocycles. The molecule has 1 aromatic carbocycles. The van der Waals surface area contributed by atoms with E-state index in [1.54, 1.807) is 6.20 Å². The summed E-state index contributed by atoms with van der Waals surface area (Å²) in [6.45, 7) is 5.08. The Bertz CT molecular complexity index is 530. The van der Waals surface area contributed by atoms with Crippen molar-refractivity contribution in [2.75, 3.05) is 0 Å². The van der Waals surface area contributed by atoms with Crippen LogP contribution in [0.1, 0.15) is 36.3 Å². The average Bonchev–Trinajstić information content (AvgIpc) is 2.78. The number of nitrogens with one attached hydrogen (secondary N) is 1. The van der Waals surface area contributed by atoms with Crippen LogP contribution in [0.3, 0.4) is 0 Å². The second-order valence-electron chi connectivity index (χ2n) is 4.64. The fraction of sp³-hybridized carbons (Fsp3) is 0.357. The van der Waals surface area contributed by atoms with Crippen molar-refractivity contribution >= 4 is 11.6 Å². The summed E-state index contributed by atoms with van der Waals surface area (Å²) in [5, 5.41) is 0.712. The zero-order valence-electron chi connectivity index (χ0n) is 11.2. The van der Waals surface area contributed by atoms with Gasteiger partial charge >= 0.3 is 0 Å². The van der Waals surface area contributed by atoms with E-state index in [9.17, 15) is 0 Å². The molecule has 3 N–H and O–H groups in total. The summed E-state index contributed by atoms with van der Waals surface area (Å²) in [5.74, 6) is 6.62. The van der Waals surface area contributed by atoms with Gasteiger partial charge < -0.3 is 4.57 Å². The van der Waals surface area contributed by atoms with Gasteiger partial charge in [-0.1, -0.05) is 24.6 Å². The Hall–Kier alpha value is -1.36. The van der Waals surface area contributed by atoms with Gasteiger partial charge in [-0.2, -0.15) is 0 Å². The lowest BCUT2D eigenvalue weighted by Gasteiger charge is -2.18. The zero-order valence-corrected chi connectivity index (χ0v) is 12.0. The topological polar surface area (TPSA) is 55.9 Å². The Morgan fingerprint density at radius 1 is 1.42 bits per heavy atom. The molecule has 0 saturated heterocycles. The molecule has 0 saturated carbocycles. The maximum atomic E-state index is 6.12. The molecule has 0 aliphatic rings. The van der Waals surface area contributed by atoms with Crippen molar-refractivity contribution in [3.05, 3.63) is 52.6 Å². The highest BCUT2D eigenvalue weighted by Gasteiger charge is 2.18. The van der Waals surface area contributed by atoms with Gasteiger partial charge in [0.05, 0.1) is 0 Å². The first-order valence-corrected chi connectivity index (χ1v) is 6.77. The van der Waals surface area contributed by atoms with E-state index in [2.05, 4.69) is 28.0 Å². The number of nitrogens with two attached hydrogens (primary N) is 1. The smallest absolute Gasteiger partial charge is 0.131 e. The molecule has 1 atom stereocenters. The predicted octanol–water partition coefficient (Wildman–Crippen LogP) is 2.81. The van der Waals surface area contributed by atoms with Gasteiger partial charge in [-0.05, 0) is 36.6 Å². The van der Waals surface area contributed by atoms with Crippen LogP contribution in [0, 0.1) is 6.92 Å². The summed E-state index contributed by atoms with van der Waals surface area (Å²) >= 11 is 6.12. The van der Waals surface area contributed by atoms with E-state index < -0.39 is 0 Å². The molecule has 0 spiro atoms. The number of aryl methyl sites for hydroxylation is 2. The van der Waals surface area contributed by atoms with Crippen LogP contribution < -0.4 is 11.3 Å². The van der Waals surface area contributed by atoms with Crippen molar-refractivity contribution in [1.29, 1.82) is 0 Å². The molecule has 0 amide bonds. The van der Waals surface area contributed by atoms with Gasteiger partial charge in [-0.25, -0.2) is 10.4 Å². The molecule has 2 rings (SSSR count). The lowest BCUT2D eigenvalue weighted by molar-refractivity contribution is 0.545. The highest BCUT2D eigenvalue weighted by Crippen LogP contribution is 2.24. The quantitative estimate of drug-likeness (QED) is 0.653. The number of halogens is 1. The molecular formula is C14H19ClN4. The van der Waals surface area contributed by atoms with E-state index in [-0.39, 0.29) is 6.04 Å². The molecule has 4 nitrogen and oxygen atoms in total. The number of benzene rings is 1. The van der Waals surface area contributed by atoms with Crippen molar-refractivity contribution in [2.24, 2.45) is 5.84 Å². The monoisotopic (exact) mass is 278 g/mol. The van der Waals surface area contributed by atoms with E-state index in [1.165, 1.54) is 0 Å². The predicted molar refractivity (Wildman–Crippen MR) is 77.9 cm³/mol. The summed E-state index contributed by atoms with van der Waals surface area (Å²) in [5.41, 5.74) is 4.96. The van der Waals surface area contributed by atoms with Gasteiger partial charge in [-0.3, -0.25) is 5.84 Å². The number of rotatable bonds is 5. The van der Waals surface area contributed by atoms with Crippen LogP contribution in [0.15, 0.2) is 30.6 Å². The Kier molecular flexibility index (Phi) is 4.58. The molecule has 2 aromatic rings. The van der Waals surface area contributed by atoms with Gasteiger partial charge in [0.1, 0.15) is 11.9 Å². The van der Waals surface area contributed by atoms with Crippen LogP contribution in [0.25, 0.3) is 0 Å². The second-order valence-corrected chi connectivity index (χ2v) is 5.08. The van der Waals surface area contributed by atoms with Crippen molar-refractivity contribution in [1.82, 2.24) is 15.0 Å². The molecule has 1 heterocycles. The summed E-state index contributed by atoms with van der Waals surface area (Å²) in [4.78, 5) is 4.42. The first-order chi connectivity index (χ1) is 9.15. The van der Waals surface area contributed by atoms with E-state index >= 15 is 0 Å². The molecule has 0 radical (unpaired) electrons. The SMILES string of the molecule is CCCn1ccnc1C(NN)c1cc(C)cc(Cl)c1. The Balaban J connectivity index is 2.40. The molecule has 0 bridgehead atoms. The van der Waals surface area contributed by atoms with E-state index in [0.717, 1.165) is 29.9 Å². The zero-order chi connectivity index (χ0) is 13.8. The fourth-order valence-electron chi connectivity index (χ4n) is 2.26. The third kappa shape index (κ3) is 3.15. The Labute approximate surface area is 118 Å². The normalized spacial score (nSPS) is 12.6. The van der Waals surface area contributed by atoms with E-state index in [1.807, 2.05) is 25.3 Å². The molecule has 19 heavy (non-hydrogen) atoms. The van der Waals surface area contributed by atoms with Gasteiger partial charge in [0, 0.05) is 24.0 Å². The van der Waals surface area contributed by atoms with Crippen LogP contribution in [0.5, 0.6) is 0 Å². The minimum Gasteiger partial charge on any atom is -0.333 e. The van der Waals surface area contributed by atoms with Crippen LogP contribution in [-0.4, -0.2) is 9.55 Å². The Morgan fingerprint density at radius 3 is 2.84 bits per heavy atom. The van der Waals surface area contributed by atoms with Gasteiger partial charge in [-0.15, -0.1) is 0 Å². The molecule has 0 fully saturated rings. The number of aromatic nitrogens is 2. The van der Waals surface area contributed by atoms with Gasteiger partial charge in [0.2, 0.25) is 0 Å². The number of hydrazine groups is 1. The molecular weight excluding hydrogens is 260 g/mol. The number of hydrogen-bond donors (Lipinski definition) is 2. The standard InChI is InChI=1S/C14H19ClN4/c1-3-5-19-6-4-17-14(19)13(18-16)11-7-10(2)8-12(15)9-11/h4,6-9,13,18H,3,5,16H2,1-2H3. The third-order valence-corrected chi connectivity index (χ3v) is 3.25. The number of imidazole rings is 1. The fourth-order valence-corrected chi connectivity index (χ4v) is 2.56. The Morgan fingerprint density at radius 2 is 2.21 bits per heavy atom. The molecule has 102 valence electrons. The average molecular weight is 279 g/mol. The second kappa shape index (κ2) is 6.19. The van der Waals surface area contributed by atoms with Crippen molar-refractivity contribution in [2.45, 2.75) is 32.9 Å². The van der Waals surface area contributed by atoms with Crippen LogP contribution >= 0.6 is 11.6 Å². The molecule has 1 unspecified atom stereocenters. The van der Waals surface area contributed by atoms with Gasteiger partial charge in [0.15, 0.2) is 0 Å². The largest absolute Gasteiger partial charge is 0.333 e. The minimum atomic E-state index is -0.154. The van der Waals surface area contributed by atoms with Crippen molar-refractivity contribution < 1.29 is 0 Å². The molecule has 5 heteroatoms. The molecule has 0 aliphatic carbocycles. The summed E-state index contributed by atoms with van der Waals surface area (Å²) in [6, 6.07) is 5.77. The summed E-state index contributed by atoms with van der Waals surface area (Å²) < 4.78 is 2.11. The lowest BCUT2D eigenvalue weighted by atomic mass is 10.0. The first kappa shape index (κ1) is 14.1. The van der Waals surface area contributed by atoms with Crippen LogP contribution in [0.2, 0.25) is 5.02 Å². The maximum absolute atomic E-state index is 6.12. The van der Waals surface area contributed by atoms with E-state index in [0.29, 0.717) is 5.02 Å². The summed E-state index contributed by atoms with van der Waals surface area (Å²) in [7, 11) is 0. The highest BCUT2D eigenvalue weighted by atomic mass is 35.5. The number of nitrogens with zero attached hydrogens (tertiary/aromatic N) is 2. The maximum Gasteiger partial charge on any atom is 0.131 e. The molecule has 0 aliphatic heterocycles. The van der Waals surface area contributed by atoms with Gasteiger partial charge in [0.25, 0.3) is 0 Å². The minimum absolute atomic E-state index is 0.154. The number of hydrogen-bond acceptors (Lipinski definition) is 3. The lowest BCUT2D eigenvalue weighted by Crippen LogP contribution is -2.31. The van der Waals surface area contributed by atoms with Crippen molar-refractivity contribution in [3.63, 3.8) is 0 Å². The summed E-state index contributed by atoms with van der Waals surface area (Å²) in [6.07, 6.45) is 4.82. The van der Waals surface area contributed by atoms with Crippen molar-refractivity contribution in [3.8, 4) is 0 Å². The van der Waals surface area contributed by atoms with Crippen LogP contribution in [0.4, 0.5) is 0 Å². The first-order valence-electron chi connectivity index (χ1n) is 6.40. The third-order valence-electron chi connectivity index (χ3n) is 3.03. The van der Waals surface area contributed by atoms with E-state index in [4.69, 9.17) is 17.4 Å². The highest BCUT2D eigenvalue weighted by molar-refractivity contribution is 6.30. The van der Waals surface area contributed by atoms with Crippen LogP contribution in [-0.2, 0) is 6.54 Å².